The van der Waals surface area contributed by atoms with Crippen molar-refractivity contribution in [3.8, 4) is 46.0 Å². The monoisotopic (exact) mass is 738 g/mol. The number of hydrogen-bond donors (Lipinski definition) is 12. The molecule has 0 aliphatic rings. The third-order valence-electron chi connectivity index (χ3n) is 6.58. The van der Waals surface area contributed by atoms with Gasteiger partial charge in [0.05, 0.1) is 0 Å². The predicted molar refractivity (Wildman–Crippen MR) is 183 cm³/mol. The lowest BCUT2D eigenvalue weighted by atomic mass is 10.1. The van der Waals surface area contributed by atoms with Gasteiger partial charge < -0.3 is 66.0 Å². The van der Waals surface area contributed by atoms with Gasteiger partial charge in [-0.25, -0.2) is 19.2 Å². The summed E-state index contributed by atoms with van der Waals surface area (Å²) in [6, 6.07) is 15.6. The Morgan fingerprint density at radius 2 is 0.906 bits per heavy atom. The molecule has 0 fully saturated rings. The van der Waals surface area contributed by atoms with E-state index in [9.17, 15) is 44.7 Å². The van der Waals surface area contributed by atoms with Gasteiger partial charge in [-0.15, -0.1) is 0 Å². The largest absolute Gasteiger partial charge is 0.504 e. The Bertz CT molecular complexity index is 1980. The van der Waals surface area contributed by atoms with Crippen molar-refractivity contribution in [3.63, 3.8) is 0 Å². The first-order valence-electron chi connectivity index (χ1n) is 14.8. The molecule has 4 aromatic carbocycles. The van der Waals surface area contributed by atoms with Crippen molar-refractivity contribution in [1.29, 1.82) is 0 Å². The van der Waals surface area contributed by atoms with E-state index in [2.05, 4.69) is 0 Å². The summed E-state index contributed by atoms with van der Waals surface area (Å²) >= 11 is 0. The maximum Gasteiger partial charge on any atom is 0.345 e. The highest BCUT2D eigenvalue weighted by Gasteiger charge is 2.22. The highest BCUT2D eigenvalue weighted by atomic mass is 16.6. The van der Waals surface area contributed by atoms with Crippen LogP contribution in [0.1, 0.15) is 22.3 Å². The summed E-state index contributed by atoms with van der Waals surface area (Å²) < 4.78 is 4.88. The highest BCUT2D eigenvalue weighted by Crippen LogP contribution is 2.28. The van der Waals surface area contributed by atoms with Gasteiger partial charge in [-0.1, -0.05) is 24.3 Å². The Morgan fingerprint density at radius 3 is 1.28 bits per heavy atom. The number of aromatic hydroxyl groups is 8. The molecule has 0 saturated heterocycles. The van der Waals surface area contributed by atoms with E-state index in [0.29, 0.717) is 22.3 Å². The van der Waals surface area contributed by atoms with Gasteiger partial charge >= 0.3 is 23.9 Å². The van der Waals surface area contributed by atoms with Gasteiger partial charge in [-0.2, -0.15) is 0 Å². The number of phenols is 8. The highest BCUT2D eigenvalue weighted by molar-refractivity contribution is 5.89. The van der Waals surface area contributed by atoms with E-state index < -0.39 is 41.8 Å². The van der Waals surface area contributed by atoms with Crippen LogP contribution >= 0.6 is 0 Å². The van der Waals surface area contributed by atoms with Gasteiger partial charge in [0.25, 0.3) is 0 Å². The van der Waals surface area contributed by atoms with Crippen LogP contribution in [0, 0.1) is 0 Å². The van der Waals surface area contributed by atoms with Gasteiger partial charge in [0.1, 0.15) is 0 Å². The molecule has 0 aromatic heterocycles. The number of aliphatic hydroxyl groups excluding tert-OH is 1. The number of aliphatic hydroxyl groups is 1. The van der Waals surface area contributed by atoms with E-state index in [1.54, 1.807) is 0 Å². The molecule has 2 unspecified atom stereocenters. The zero-order chi connectivity index (χ0) is 39.8. The molecule has 4 rings (SSSR count). The van der Waals surface area contributed by atoms with Crippen LogP contribution in [0.15, 0.2) is 84.9 Å². The minimum absolute atomic E-state index is 0.108. The number of phenolic OH excluding ortho intramolecular Hbond substituents is 8. The number of benzene rings is 4. The van der Waals surface area contributed by atoms with E-state index >= 15 is 0 Å². The van der Waals surface area contributed by atoms with E-state index in [0.717, 1.165) is 12.2 Å². The van der Waals surface area contributed by atoms with Crippen molar-refractivity contribution in [3.05, 3.63) is 107 Å². The molecule has 0 radical (unpaired) electrons. The van der Waals surface area contributed by atoms with Crippen molar-refractivity contribution in [2.75, 3.05) is 0 Å². The van der Waals surface area contributed by atoms with E-state index in [4.69, 9.17) is 40.5 Å². The molecular formula is C36H34O17. The number of carboxylic acid groups (broad SMARTS) is 3. The van der Waals surface area contributed by atoms with Crippen molar-refractivity contribution in [1.82, 2.24) is 0 Å². The SMILES string of the molecule is O=C(/C=C/c1ccc(O)c(O)c1)OC(Cc1ccc(O)c(O)c1)C(=O)O.O=C(O)/C=C/c1ccc(O)c(O)c1.O=C(O)C(O)Cc1ccc(O)c(O)c1. The lowest BCUT2D eigenvalue weighted by Gasteiger charge is -2.13. The van der Waals surface area contributed by atoms with Crippen LogP contribution in [-0.4, -0.2) is 97.4 Å². The first-order valence-corrected chi connectivity index (χ1v) is 14.8. The fraction of sp³-hybridized carbons (Fsp3) is 0.111. The molecule has 0 spiro atoms. The van der Waals surface area contributed by atoms with E-state index in [-0.39, 0.29) is 53.1 Å². The molecule has 0 heterocycles. The summed E-state index contributed by atoms with van der Waals surface area (Å²) in [5.74, 6) is -7.23. The number of aliphatic carboxylic acids is 3. The molecule has 0 aliphatic heterocycles. The lowest BCUT2D eigenvalue weighted by Crippen LogP contribution is -2.28. The van der Waals surface area contributed by atoms with Gasteiger partial charge in [0, 0.05) is 25.0 Å². The molecule has 12 N–H and O–H groups in total. The van der Waals surface area contributed by atoms with Crippen LogP contribution in [-0.2, 0) is 36.8 Å². The van der Waals surface area contributed by atoms with Crippen molar-refractivity contribution in [2.24, 2.45) is 0 Å². The third-order valence-corrected chi connectivity index (χ3v) is 6.58. The van der Waals surface area contributed by atoms with Crippen molar-refractivity contribution in [2.45, 2.75) is 25.0 Å². The number of ether oxygens (including phenoxy) is 1. The molecule has 0 saturated carbocycles. The summed E-state index contributed by atoms with van der Waals surface area (Å²) in [5.41, 5.74) is 1.70. The quantitative estimate of drug-likeness (QED) is 0.0597. The van der Waals surface area contributed by atoms with Crippen LogP contribution in [0.4, 0.5) is 0 Å². The normalized spacial score (nSPS) is 11.7. The van der Waals surface area contributed by atoms with Crippen molar-refractivity contribution >= 4 is 36.0 Å². The zero-order valence-electron chi connectivity index (χ0n) is 27.2. The fourth-order valence-corrected chi connectivity index (χ4v) is 3.90. The Balaban J connectivity index is 0.000000303. The average molecular weight is 739 g/mol. The number of hydrogen-bond acceptors (Lipinski definition) is 14. The van der Waals surface area contributed by atoms with Crippen LogP contribution in [0.5, 0.6) is 46.0 Å². The Morgan fingerprint density at radius 1 is 0.509 bits per heavy atom. The van der Waals surface area contributed by atoms with Gasteiger partial charge in [0.2, 0.25) is 6.10 Å². The standard InChI is InChI=1S/C18H16O8.C9H10O5.C9H8O4/c19-12-4-1-10(7-14(12)21)3-6-17(23)26-16(18(24)25)9-11-2-5-13(20)15(22)8-11;10-6-2-1-5(3-7(6)11)4-8(12)9(13)14;10-7-3-1-6(5-8(7)11)2-4-9(12)13/h1-8,16,19-22H,9H2,(H,24,25);1-3,8,10-12H,4H2,(H,13,14);1-5,10-11H,(H,12,13)/b6-3+;;4-2+. The molecule has 17 nitrogen and oxygen atoms in total. The molecule has 2 atom stereocenters. The molecule has 280 valence electrons. The predicted octanol–water partition coefficient (Wildman–Crippen LogP) is 3.04. The summed E-state index contributed by atoms with van der Waals surface area (Å²) in [6.45, 7) is 0. The first kappa shape index (κ1) is 41.8. The molecule has 17 heteroatoms. The third kappa shape index (κ3) is 14.5. The molecular weight excluding hydrogens is 704 g/mol. The maximum absolute atomic E-state index is 11.8. The minimum atomic E-state index is -1.50. The number of carbonyl (C=O) groups is 4. The second-order valence-electron chi connectivity index (χ2n) is 10.7. The minimum Gasteiger partial charge on any atom is -0.504 e. The van der Waals surface area contributed by atoms with Crippen LogP contribution < -0.4 is 0 Å². The number of esters is 1. The zero-order valence-corrected chi connectivity index (χ0v) is 27.2. The van der Waals surface area contributed by atoms with Crippen molar-refractivity contribution < 1.29 is 85.2 Å². The van der Waals surface area contributed by atoms with Crippen LogP contribution in [0.2, 0.25) is 0 Å². The van der Waals surface area contributed by atoms with Crippen LogP contribution in [0.25, 0.3) is 12.2 Å². The molecule has 0 amide bonds. The number of rotatable bonds is 11. The summed E-state index contributed by atoms with van der Waals surface area (Å²) in [7, 11) is 0. The molecule has 0 bridgehead atoms. The smallest absolute Gasteiger partial charge is 0.345 e. The second kappa shape index (κ2) is 19.7. The topological polar surface area (TPSA) is 320 Å². The molecule has 53 heavy (non-hydrogen) atoms. The summed E-state index contributed by atoms with van der Waals surface area (Å²) in [5, 5.41) is 108. The second-order valence-corrected chi connectivity index (χ2v) is 10.7. The van der Waals surface area contributed by atoms with E-state index in [1.165, 1.54) is 84.9 Å². The summed E-state index contributed by atoms with van der Waals surface area (Å²) in [4.78, 5) is 43.5. The molecule has 4 aromatic rings. The van der Waals surface area contributed by atoms with Gasteiger partial charge in [-0.05, 0) is 82.9 Å². The van der Waals surface area contributed by atoms with Gasteiger partial charge in [0.15, 0.2) is 52.1 Å². The maximum atomic E-state index is 11.8. The Labute approximate surface area is 299 Å². The number of carbonyl (C=O) groups excluding carboxylic acids is 1. The van der Waals surface area contributed by atoms with Crippen LogP contribution in [0.3, 0.4) is 0 Å². The lowest BCUT2D eigenvalue weighted by molar-refractivity contribution is -0.160. The fourth-order valence-electron chi connectivity index (χ4n) is 3.90. The Kier molecular flexibility index (Phi) is 15.5. The summed E-state index contributed by atoms with van der Waals surface area (Å²) in [6.07, 6.45) is 1.23. The number of carboxylic acids is 3. The van der Waals surface area contributed by atoms with Gasteiger partial charge in [-0.3, -0.25) is 0 Å². The Hall–Kier alpha value is -7.40. The van der Waals surface area contributed by atoms with E-state index in [1.807, 2.05) is 0 Å². The first-order chi connectivity index (χ1) is 24.9. The average Bonchev–Trinajstić information content (AvgIpc) is 3.09. The molecule has 0 aliphatic carbocycles.